The van der Waals surface area contributed by atoms with Crippen LogP contribution in [-0.2, 0) is 0 Å². The fourth-order valence-corrected chi connectivity index (χ4v) is 8.55. The monoisotopic (exact) mass is 322 g/mol. The van der Waals surface area contributed by atoms with E-state index in [0.29, 0.717) is 5.52 Å². The molecule has 1 rings (SSSR count). The van der Waals surface area contributed by atoms with Gasteiger partial charge in [0.05, 0.1) is 0 Å². The van der Waals surface area contributed by atoms with Crippen LogP contribution >= 0.6 is 7.26 Å². The van der Waals surface area contributed by atoms with Gasteiger partial charge in [-0.25, -0.2) is 0 Å². The van der Waals surface area contributed by atoms with Crippen molar-refractivity contribution in [2.75, 3.05) is 18.5 Å². The normalized spacial score (nSPS) is 12.3. The molecule has 2 heteroatoms. The van der Waals surface area contributed by atoms with Crippen molar-refractivity contribution < 1.29 is 4.79 Å². The predicted molar refractivity (Wildman–Crippen MR) is 103 cm³/mol. The van der Waals surface area contributed by atoms with Crippen molar-refractivity contribution in [3.8, 4) is 0 Å². The average molecular weight is 322 g/mol. The molecule has 0 aliphatic carbocycles. The Bertz CT molecular complexity index is 405. The van der Waals surface area contributed by atoms with E-state index in [1.807, 2.05) is 30.3 Å². The van der Waals surface area contributed by atoms with Gasteiger partial charge in [-0.15, -0.1) is 0 Å². The maximum atomic E-state index is 13.3. The Balaban J connectivity index is 2.99. The number of hydrogen-bond acceptors (Lipinski definition) is 1. The van der Waals surface area contributed by atoms with E-state index in [9.17, 15) is 4.79 Å². The molecule has 0 N–H and O–H groups in total. The molecule has 22 heavy (non-hydrogen) atoms. The first-order chi connectivity index (χ1) is 10.7. The summed E-state index contributed by atoms with van der Waals surface area (Å²) in [6.45, 7) is 6.75. The summed E-state index contributed by atoms with van der Waals surface area (Å²) in [7, 11) is -1.86. The second-order valence-corrected chi connectivity index (χ2v) is 11.2. The molecule has 0 spiro atoms. The topological polar surface area (TPSA) is 17.1 Å². The third-order valence-corrected chi connectivity index (χ3v) is 9.98. The van der Waals surface area contributed by atoms with Gasteiger partial charge in [0, 0.05) is 0 Å². The van der Waals surface area contributed by atoms with Gasteiger partial charge in [0.25, 0.3) is 0 Å². The zero-order chi connectivity index (χ0) is 16.3. The van der Waals surface area contributed by atoms with Crippen molar-refractivity contribution in [2.24, 2.45) is 0 Å². The predicted octanol–water partition coefficient (Wildman–Crippen LogP) is 6.37. The Morgan fingerprint density at radius 1 is 0.773 bits per heavy atom. The number of carbonyl (C=O) groups is 1. The van der Waals surface area contributed by atoms with Crippen molar-refractivity contribution in [1.82, 2.24) is 0 Å². The van der Waals surface area contributed by atoms with Gasteiger partial charge in [-0.2, -0.15) is 0 Å². The molecule has 0 atom stereocenters. The van der Waals surface area contributed by atoms with Crippen LogP contribution in [0.1, 0.15) is 76.1 Å². The van der Waals surface area contributed by atoms with Gasteiger partial charge >= 0.3 is 138 Å². The van der Waals surface area contributed by atoms with Gasteiger partial charge < -0.3 is 0 Å². The second-order valence-electron chi connectivity index (χ2n) is 6.64. The molecule has 1 nitrogen and oxygen atoms in total. The van der Waals surface area contributed by atoms with E-state index in [2.05, 4.69) is 20.8 Å². The van der Waals surface area contributed by atoms with E-state index < -0.39 is 7.26 Å². The van der Waals surface area contributed by atoms with E-state index in [-0.39, 0.29) is 0 Å². The molecule has 1 aromatic rings. The van der Waals surface area contributed by atoms with Crippen LogP contribution in [0, 0.1) is 0 Å². The van der Waals surface area contributed by atoms with Crippen LogP contribution in [0.15, 0.2) is 30.3 Å². The van der Waals surface area contributed by atoms with Crippen molar-refractivity contribution in [3.63, 3.8) is 0 Å². The van der Waals surface area contributed by atoms with Gasteiger partial charge in [-0.3, -0.25) is 0 Å². The molecule has 0 radical (unpaired) electrons. The quantitative estimate of drug-likeness (QED) is 0.323. The number of benzene rings is 1. The zero-order valence-corrected chi connectivity index (χ0v) is 15.9. The first-order valence-corrected chi connectivity index (χ1v) is 11.9. The molecule has 1 aromatic carbocycles. The van der Waals surface area contributed by atoms with Crippen molar-refractivity contribution >= 4 is 12.8 Å². The summed E-state index contributed by atoms with van der Waals surface area (Å²) >= 11 is 0. The zero-order valence-electron chi connectivity index (χ0n) is 14.9. The van der Waals surface area contributed by atoms with Crippen LogP contribution in [0.25, 0.3) is 0 Å². The first-order valence-electron chi connectivity index (χ1n) is 9.30. The maximum absolute atomic E-state index is 13.3. The second kappa shape index (κ2) is 10.9. The Morgan fingerprint density at radius 3 is 1.77 bits per heavy atom. The van der Waals surface area contributed by atoms with Crippen molar-refractivity contribution in [3.05, 3.63) is 35.9 Å². The summed E-state index contributed by atoms with van der Waals surface area (Å²) in [5.74, 6) is 0. The van der Waals surface area contributed by atoms with E-state index in [0.717, 1.165) is 5.56 Å². The molecule has 0 aliphatic heterocycles. The van der Waals surface area contributed by atoms with Gasteiger partial charge in [-0.05, 0) is 0 Å². The third-order valence-electron chi connectivity index (χ3n) is 4.79. The Hall–Kier alpha value is -0.680. The minimum absolute atomic E-state index is 0.533. The van der Waals surface area contributed by atoms with Crippen molar-refractivity contribution in [2.45, 2.75) is 65.7 Å². The molecule has 0 aliphatic rings. The molecule has 0 amide bonds. The summed E-state index contributed by atoms with van der Waals surface area (Å²) in [5.41, 5.74) is 1.50. The van der Waals surface area contributed by atoms with Gasteiger partial charge in [0.15, 0.2) is 0 Å². The SMILES string of the molecule is CCCCC[PH](CCCC)(CCCC)C(=O)c1ccccc1. The van der Waals surface area contributed by atoms with Crippen LogP contribution in [0.4, 0.5) is 0 Å². The Kier molecular flexibility index (Phi) is 9.64. The molecular weight excluding hydrogens is 287 g/mol. The minimum atomic E-state index is -1.86. The summed E-state index contributed by atoms with van der Waals surface area (Å²) in [6.07, 6.45) is 12.2. The van der Waals surface area contributed by atoms with Gasteiger partial charge in [-0.1, -0.05) is 0 Å². The van der Waals surface area contributed by atoms with Gasteiger partial charge in [0.2, 0.25) is 0 Å². The Labute approximate surface area is 138 Å². The average Bonchev–Trinajstić information content (AvgIpc) is 2.57. The molecule has 0 saturated carbocycles. The number of unbranched alkanes of at least 4 members (excludes halogenated alkanes) is 4. The molecule has 0 unspecified atom stereocenters. The van der Waals surface area contributed by atoms with E-state index >= 15 is 0 Å². The van der Waals surface area contributed by atoms with Crippen molar-refractivity contribution in [1.29, 1.82) is 0 Å². The molecule has 0 saturated heterocycles. The number of hydrogen-bond donors (Lipinski definition) is 0. The van der Waals surface area contributed by atoms with E-state index in [1.54, 1.807) is 0 Å². The van der Waals surface area contributed by atoms with Crippen LogP contribution < -0.4 is 0 Å². The molecule has 0 aromatic heterocycles. The molecular formula is C20H35OP. The molecule has 0 bridgehead atoms. The van der Waals surface area contributed by atoms with E-state index in [4.69, 9.17) is 0 Å². The summed E-state index contributed by atoms with van der Waals surface area (Å²) < 4.78 is 0. The molecule has 0 heterocycles. The van der Waals surface area contributed by atoms with Crippen LogP contribution in [0.3, 0.4) is 0 Å². The van der Waals surface area contributed by atoms with Crippen LogP contribution in [0.5, 0.6) is 0 Å². The summed E-state index contributed by atoms with van der Waals surface area (Å²) in [5, 5.41) is 0. The fourth-order valence-electron chi connectivity index (χ4n) is 3.36. The molecule has 126 valence electrons. The summed E-state index contributed by atoms with van der Waals surface area (Å²) in [4.78, 5) is 13.3. The number of carbonyl (C=O) groups excluding carboxylic acids is 1. The van der Waals surface area contributed by atoms with Crippen LogP contribution in [0.2, 0.25) is 0 Å². The van der Waals surface area contributed by atoms with Crippen LogP contribution in [-0.4, -0.2) is 24.0 Å². The third kappa shape index (κ3) is 5.84. The number of rotatable bonds is 12. The first kappa shape index (κ1) is 19.4. The fraction of sp³-hybridized carbons (Fsp3) is 0.650. The van der Waals surface area contributed by atoms with Gasteiger partial charge in [0.1, 0.15) is 0 Å². The molecule has 0 fully saturated rings. The standard InChI is InChI=1S/C20H35OP/c1-4-7-13-18-22(16-8-5-2,17-9-6-3)20(21)19-14-11-10-12-15-19/h10-12,14-15,22H,4-9,13,16-18H2,1-3H3. The summed E-state index contributed by atoms with van der Waals surface area (Å²) in [6, 6.07) is 10.1. The van der Waals surface area contributed by atoms with E-state index in [1.165, 1.54) is 63.4 Å². The Morgan fingerprint density at radius 2 is 1.27 bits per heavy atom.